The number of rotatable bonds is 6. The van der Waals surface area contributed by atoms with Gasteiger partial charge < -0.3 is 9.84 Å². The van der Waals surface area contributed by atoms with Gasteiger partial charge in [0.2, 0.25) is 10.0 Å². The summed E-state index contributed by atoms with van der Waals surface area (Å²) < 4.78 is 29.9. The Morgan fingerprint density at radius 3 is 2.60 bits per heavy atom. The number of carbonyl (C=O) groups is 2. The molecule has 0 radical (unpaired) electrons. The zero-order chi connectivity index (χ0) is 15.3. The predicted molar refractivity (Wildman–Crippen MR) is 72.5 cm³/mol. The van der Waals surface area contributed by atoms with E-state index in [1.54, 1.807) is 0 Å². The number of nitrogens with one attached hydrogen (secondary N) is 1. The average molecular weight is 322 g/mol. The quantitative estimate of drug-likeness (QED) is 0.765. The molecule has 9 heteroatoms. The molecule has 0 saturated carbocycles. The van der Waals surface area contributed by atoms with Crippen molar-refractivity contribution in [3.05, 3.63) is 28.8 Å². The SMILES string of the molecule is COC(=O)c1ccc(Cl)c(NS(=O)(=O)CCC(=O)O)c1. The van der Waals surface area contributed by atoms with Crippen LogP contribution in [0, 0.1) is 0 Å². The van der Waals surface area contributed by atoms with E-state index in [0.717, 1.165) is 0 Å². The van der Waals surface area contributed by atoms with Gasteiger partial charge >= 0.3 is 11.9 Å². The number of anilines is 1. The molecule has 20 heavy (non-hydrogen) atoms. The van der Waals surface area contributed by atoms with Crippen LogP contribution in [0.2, 0.25) is 5.02 Å². The molecule has 2 N–H and O–H groups in total. The third-order valence-electron chi connectivity index (χ3n) is 2.24. The maximum atomic E-state index is 11.7. The first-order valence-electron chi connectivity index (χ1n) is 5.35. The normalized spacial score (nSPS) is 10.9. The number of carboxylic acid groups (broad SMARTS) is 1. The summed E-state index contributed by atoms with van der Waals surface area (Å²) in [7, 11) is -2.68. The van der Waals surface area contributed by atoms with Crippen molar-refractivity contribution in [3.8, 4) is 0 Å². The van der Waals surface area contributed by atoms with Crippen LogP contribution in [0.25, 0.3) is 0 Å². The highest BCUT2D eigenvalue weighted by molar-refractivity contribution is 7.92. The minimum Gasteiger partial charge on any atom is -0.481 e. The smallest absolute Gasteiger partial charge is 0.337 e. The molecule has 0 heterocycles. The van der Waals surface area contributed by atoms with Crippen molar-refractivity contribution in [2.75, 3.05) is 17.6 Å². The van der Waals surface area contributed by atoms with Crippen LogP contribution in [0.1, 0.15) is 16.8 Å². The van der Waals surface area contributed by atoms with Crippen molar-refractivity contribution >= 4 is 39.3 Å². The standard InChI is InChI=1S/C11H12ClNO6S/c1-19-11(16)7-2-3-8(12)9(6-7)13-20(17,18)5-4-10(14)15/h2-3,6,13H,4-5H2,1H3,(H,14,15). The van der Waals surface area contributed by atoms with Crippen LogP contribution in [0.5, 0.6) is 0 Å². The van der Waals surface area contributed by atoms with Crippen molar-refractivity contribution in [2.45, 2.75) is 6.42 Å². The zero-order valence-electron chi connectivity index (χ0n) is 10.4. The topological polar surface area (TPSA) is 110 Å². The van der Waals surface area contributed by atoms with E-state index < -0.39 is 34.1 Å². The van der Waals surface area contributed by atoms with Crippen LogP contribution in [-0.2, 0) is 19.6 Å². The Kier molecular flexibility index (Phi) is 5.34. The largest absolute Gasteiger partial charge is 0.481 e. The molecule has 1 aromatic carbocycles. The molecule has 0 aliphatic heterocycles. The van der Waals surface area contributed by atoms with E-state index in [1.807, 2.05) is 0 Å². The van der Waals surface area contributed by atoms with Gasteiger partial charge in [0.25, 0.3) is 0 Å². The number of carbonyl (C=O) groups excluding carboxylic acids is 1. The van der Waals surface area contributed by atoms with Gasteiger partial charge in [-0.1, -0.05) is 11.6 Å². The number of hydrogen-bond donors (Lipinski definition) is 2. The van der Waals surface area contributed by atoms with Gasteiger partial charge in [0.05, 0.1) is 35.6 Å². The van der Waals surface area contributed by atoms with Gasteiger partial charge in [0.1, 0.15) is 0 Å². The van der Waals surface area contributed by atoms with Crippen LogP contribution in [0.3, 0.4) is 0 Å². The first-order chi connectivity index (χ1) is 9.25. The van der Waals surface area contributed by atoms with Crippen LogP contribution in [-0.4, -0.2) is 38.3 Å². The molecule has 1 aromatic rings. The summed E-state index contributed by atoms with van der Waals surface area (Å²) in [6.07, 6.45) is -0.538. The Morgan fingerprint density at radius 2 is 2.05 bits per heavy atom. The second kappa shape index (κ2) is 6.58. The maximum Gasteiger partial charge on any atom is 0.337 e. The fraction of sp³-hybridized carbons (Fsp3) is 0.273. The third-order valence-corrected chi connectivity index (χ3v) is 3.84. The zero-order valence-corrected chi connectivity index (χ0v) is 12.0. The molecule has 0 aliphatic rings. The number of benzene rings is 1. The molecule has 0 atom stereocenters. The van der Waals surface area contributed by atoms with Crippen molar-refractivity contribution in [3.63, 3.8) is 0 Å². The van der Waals surface area contributed by atoms with Crippen LogP contribution in [0.15, 0.2) is 18.2 Å². The van der Waals surface area contributed by atoms with E-state index in [2.05, 4.69) is 9.46 Å². The van der Waals surface area contributed by atoms with Gasteiger partial charge in [-0.05, 0) is 18.2 Å². The highest BCUT2D eigenvalue weighted by atomic mass is 35.5. The summed E-state index contributed by atoms with van der Waals surface area (Å²) in [6, 6.07) is 3.93. The Labute approximate surface area is 120 Å². The summed E-state index contributed by atoms with van der Waals surface area (Å²) in [4.78, 5) is 21.7. The number of halogens is 1. The second-order valence-corrected chi connectivity index (χ2v) is 6.00. The lowest BCUT2D eigenvalue weighted by Gasteiger charge is -2.10. The summed E-state index contributed by atoms with van der Waals surface area (Å²) in [6.45, 7) is 0. The van der Waals surface area contributed by atoms with E-state index in [0.29, 0.717) is 0 Å². The van der Waals surface area contributed by atoms with Gasteiger partial charge in [0, 0.05) is 0 Å². The molecule has 0 bridgehead atoms. The number of ether oxygens (including phenoxy) is 1. The molecule has 7 nitrogen and oxygen atoms in total. The van der Waals surface area contributed by atoms with Crippen molar-refractivity contribution in [1.29, 1.82) is 0 Å². The Bertz CT molecular complexity index is 628. The van der Waals surface area contributed by atoms with Crippen molar-refractivity contribution < 1.29 is 27.9 Å². The molecule has 0 unspecified atom stereocenters. The van der Waals surface area contributed by atoms with Crippen molar-refractivity contribution in [1.82, 2.24) is 0 Å². The first-order valence-corrected chi connectivity index (χ1v) is 7.38. The monoisotopic (exact) mass is 321 g/mol. The van der Waals surface area contributed by atoms with Crippen LogP contribution in [0.4, 0.5) is 5.69 Å². The fourth-order valence-electron chi connectivity index (χ4n) is 1.29. The summed E-state index contributed by atoms with van der Waals surface area (Å²) >= 11 is 5.82. The third kappa shape index (κ3) is 4.71. The Hall–Kier alpha value is -1.80. The molecule has 0 spiro atoms. The fourth-order valence-corrected chi connectivity index (χ4v) is 2.56. The van der Waals surface area contributed by atoms with Crippen molar-refractivity contribution in [2.24, 2.45) is 0 Å². The van der Waals surface area contributed by atoms with Gasteiger partial charge in [-0.2, -0.15) is 0 Å². The number of carboxylic acids is 1. The second-order valence-electron chi connectivity index (χ2n) is 3.75. The van der Waals surface area contributed by atoms with E-state index >= 15 is 0 Å². The molecule has 110 valence electrons. The first kappa shape index (κ1) is 16.3. The van der Waals surface area contributed by atoms with E-state index in [-0.39, 0.29) is 16.3 Å². The average Bonchev–Trinajstić information content (AvgIpc) is 2.38. The van der Waals surface area contributed by atoms with E-state index in [9.17, 15) is 18.0 Å². The van der Waals surface area contributed by atoms with Gasteiger partial charge in [-0.25, -0.2) is 13.2 Å². The number of aliphatic carboxylic acids is 1. The molecule has 0 aromatic heterocycles. The van der Waals surface area contributed by atoms with E-state index in [1.165, 1.54) is 25.3 Å². The number of methoxy groups -OCH3 is 1. The maximum absolute atomic E-state index is 11.7. The predicted octanol–water partition coefficient (Wildman–Crippen LogP) is 1.34. The molecular weight excluding hydrogens is 310 g/mol. The lowest BCUT2D eigenvalue weighted by atomic mass is 10.2. The number of esters is 1. The highest BCUT2D eigenvalue weighted by Gasteiger charge is 2.16. The molecular formula is C11H12ClNO6S. The molecule has 0 fully saturated rings. The molecule has 0 aliphatic carbocycles. The summed E-state index contributed by atoms with van der Waals surface area (Å²) in [5.41, 5.74) is 0.104. The minimum absolute atomic E-state index is 0.0139. The molecule has 1 rings (SSSR count). The molecule has 0 saturated heterocycles. The number of sulfonamides is 1. The van der Waals surface area contributed by atoms with Crippen LogP contribution < -0.4 is 4.72 Å². The van der Waals surface area contributed by atoms with Gasteiger partial charge in [0.15, 0.2) is 0 Å². The Morgan fingerprint density at radius 1 is 1.40 bits per heavy atom. The summed E-state index contributed by atoms with van der Waals surface area (Å²) in [5, 5.41) is 8.55. The van der Waals surface area contributed by atoms with Gasteiger partial charge in [-0.15, -0.1) is 0 Å². The lowest BCUT2D eigenvalue weighted by Crippen LogP contribution is -2.19. The lowest BCUT2D eigenvalue weighted by molar-refractivity contribution is -0.136. The minimum atomic E-state index is -3.87. The van der Waals surface area contributed by atoms with Crippen LogP contribution >= 0.6 is 11.6 Å². The van der Waals surface area contributed by atoms with E-state index in [4.69, 9.17) is 16.7 Å². The Balaban J connectivity index is 2.96. The van der Waals surface area contributed by atoms with Gasteiger partial charge in [-0.3, -0.25) is 9.52 Å². The highest BCUT2D eigenvalue weighted by Crippen LogP contribution is 2.24. The summed E-state index contributed by atoms with van der Waals surface area (Å²) in [5.74, 6) is -2.47. The molecule has 0 amide bonds. The number of hydrogen-bond acceptors (Lipinski definition) is 5.